The van der Waals surface area contributed by atoms with Gasteiger partial charge in [0.15, 0.2) is 5.69 Å². The van der Waals surface area contributed by atoms with E-state index in [1.807, 2.05) is 0 Å². The summed E-state index contributed by atoms with van der Waals surface area (Å²) in [5.74, 6) is -1.41. The maximum absolute atomic E-state index is 13.1. The molecule has 0 bridgehead atoms. The van der Waals surface area contributed by atoms with Crippen LogP contribution in [-0.2, 0) is 17.5 Å². The molecule has 4 nitrogen and oxygen atoms in total. The molecule has 0 spiro atoms. The Hall–Kier alpha value is -2.38. The van der Waals surface area contributed by atoms with Gasteiger partial charge in [-0.15, -0.1) is 0 Å². The molecule has 0 saturated heterocycles. The molecule has 1 unspecified atom stereocenters. The van der Waals surface area contributed by atoms with E-state index in [0.29, 0.717) is 16.9 Å². The second-order valence-corrected chi connectivity index (χ2v) is 5.70. The van der Waals surface area contributed by atoms with Gasteiger partial charge in [0.05, 0.1) is 12.5 Å². The number of nitrogens with zero attached hydrogens (tertiary/aromatic N) is 2. The van der Waals surface area contributed by atoms with Gasteiger partial charge in [0.25, 0.3) is 0 Å². The Bertz CT molecular complexity index is 752. The standard InChI is InChI=1S/C16H17F4N3O/c1-9-6-12(17)4-5-13(9)21-15(24)10(2)8-23-11(3)7-14(22-23)16(18,19)20/h4-7,10H,8H2,1-3H3,(H,21,24). The molecule has 0 fully saturated rings. The number of carbonyl (C=O) groups is 1. The predicted octanol–water partition coefficient (Wildman–Crippen LogP) is 3.93. The van der Waals surface area contributed by atoms with Crippen molar-refractivity contribution in [2.45, 2.75) is 33.5 Å². The van der Waals surface area contributed by atoms with Crippen LogP contribution in [0.1, 0.15) is 23.9 Å². The van der Waals surface area contributed by atoms with Crippen LogP contribution in [0.3, 0.4) is 0 Å². The van der Waals surface area contributed by atoms with Gasteiger partial charge in [-0.3, -0.25) is 9.48 Å². The molecule has 1 atom stereocenters. The highest BCUT2D eigenvalue weighted by Crippen LogP contribution is 2.28. The van der Waals surface area contributed by atoms with Gasteiger partial charge in [0.2, 0.25) is 5.91 Å². The van der Waals surface area contributed by atoms with E-state index in [-0.39, 0.29) is 12.5 Å². The quantitative estimate of drug-likeness (QED) is 0.855. The second-order valence-electron chi connectivity index (χ2n) is 5.70. The van der Waals surface area contributed by atoms with Crippen molar-refractivity contribution in [3.05, 3.63) is 47.0 Å². The summed E-state index contributed by atoms with van der Waals surface area (Å²) in [7, 11) is 0. The van der Waals surface area contributed by atoms with E-state index >= 15 is 0 Å². The third-order valence-corrected chi connectivity index (χ3v) is 3.61. The Morgan fingerprint density at radius 2 is 1.96 bits per heavy atom. The number of amides is 1. The van der Waals surface area contributed by atoms with Crippen LogP contribution >= 0.6 is 0 Å². The van der Waals surface area contributed by atoms with E-state index in [0.717, 1.165) is 10.7 Å². The van der Waals surface area contributed by atoms with Crippen LogP contribution in [0.15, 0.2) is 24.3 Å². The number of hydrogen-bond acceptors (Lipinski definition) is 2. The Balaban J connectivity index is 2.08. The summed E-state index contributed by atoms with van der Waals surface area (Å²) >= 11 is 0. The number of aryl methyl sites for hydroxylation is 2. The van der Waals surface area contributed by atoms with E-state index < -0.39 is 23.6 Å². The molecule has 130 valence electrons. The van der Waals surface area contributed by atoms with Crippen molar-refractivity contribution < 1.29 is 22.4 Å². The van der Waals surface area contributed by atoms with Crippen LogP contribution in [0.5, 0.6) is 0 Å². The Kier molecular flexibility index (Phi) is 4.96. The second kappa shape index (κ2) is 6.62. The summed E-state index contributed by atoms with van der Waals surface area (Å²) in [5, 5.41) is 6.15. The molecule has 0 aliphatic rings. The van der Waals surface area contributed by atoms with E-state index in [4.69, 9.17) is 0 Å². The molecular weight excluding hydrogens is 326 g/mol. The number of halogens is 4. The average Bonchev–Trinajstić information content (AvgIpc) is 2.83. The van der Waals surface area contributed by atoms with Crippen LogP contribution < -0.4 is 5.32 Å². The first-order chi connectivity index (χ1) is 11.1. The van der Waals surface area contributed by atoms with Gasteiger partial charge in [-0.05, 0) is 43.7 Å². The minimum absolute atomic E-state index is 0.00793. The minimum atomic E-state index is -4.52. The Morgan fingerprint density at radius 1 is 1.29 bits per heavy atom. The third-order valence-electron chi connectivity index (χ3n) is 3.61. The fourth-order valence-corrected chi connectivity index (χ4v) is 2.20. The van der Waals surface area contributed by atoms with Crippen LogP contribution in [0.25, 0.3) is 0 Å². The topological polar surface area (TPSA) is 46.9 Å². The zero-order valence-electron chi connectivity index (χ0n) is 13.4. The number of nitrogens with one attached hydrogen (secondary N) is 1. The number of alkyl halides is 3. The van der Waals surface area contributed by atoms with E-state index in [2.05, 4.69) is 10.4 Å². The van der Waals surface area contributed by atoms with Gasteiger partial charge in [0.1, 0.15) is 5.82 Å². The summed E-state index contributed by atoms with van der Waals surface area (Å²) in [5.41, 5.74) is 0.355. The summed E-state index contributed by atoms with van der Waals surface area (Å²) in [4.78, 5) is 12.2. The maximum atomic E-state index is 13.1. The monoisotopic (exact) mass is 343 g/mol. The third kappa shape index (κ3) is 4.12. The lowest BCUT2D eigenvalue weighted by Gasteiger charge is -2.15. The van der Waals surface area contributed by atoms with Gasteiger partial charge in [-0.2, -0.15) is 18.3 Å². The number of rotatable bonds is 4. The van der Waals surface area contributed by atoms with Crippen molar-refractivity contribution >= 4 is 11.6 Å². The van der Waals surface area contributed by atoms with Gasteiger partial charge in [0, 0.05) is 11.4 Å². The van der Waals surface area contributed by atoms with Crippen molar-refractivity contribution in [1.82, 2.24) is 9.78 Å². The molecular formula is C16H17F4N3O. The van der Waals surface area contributed by atoms with Crippen LogP contribution in [0, 0.1) is 25.6 Å². The molecule has 8 heteroatoms. The van der Waals surface area contributed by atoms with Gasteiger partial charge in [-0.1, -0.05) is 6.92 Å². The van der Waals surface area contributed by atoms with E-state index in [9.17, 15) is 22.4 Å². The number of aromatic nitrogens is 2. The van der Waals surface area contributed by atoms with Crippen molar-refractivity contribution in [2.75, 3.05) is 5.32 Å². The number of hydrogen-bond donors (Lipinski definition) is 1. The molecule has 24 heavy (non-hydrogen) atoms. The van der Waals surface area contributed by atoms with Crippen molar-refractivity contribution in [3.8, 4) is 0 Å². The Morgan fingerprint density at radius 3 is 2.50 bits per heavy atom. The minimum Gasteiger partial charge on any atom is -0.326 e. The summed E-state index contributed by atoms with van der Waals surface area (Å²) in [6, 6.07) is 4.89. The van der Waals surface area contributed by atoms with Crippen LogP contribution in [0.4, 0.5) is 23.2 Å². The first-order valence-electron chi connectivity index (χ1n) is 7.26. The lowest BCUT2D eigenvalue weighted by molar-refractivity contribution is -0.141. The zero-order valence-corrected chi connectivity index (χ0v) is 13.4. The molecule has 1 heterocycles. The Labute approximate surface area is 136 Å². The van der Waals surface area contributed by atoms with Crippen molar-refractivity contribution in [2.24, 2.45) is 5.92 Å². The summed E-state index contributed by atoms with van der Waals surface area (Å²) in [6.45, 7) is 4.74. The first kappa shape index (κ1) is 18.0. The van der Waals surface area contributed by atoms with Gasteiger partial charge < -0.3 is 5.32 Å². The molecule has 0 saturated carbocycles. The van der Waals surface area contributed by atoms with Crippen LogP contribution in [-0.4, -0.2) is 15.7 Å². The van der Waals surface area contributed by atoms with Gasteiger partial charge in [-0.25, -0.2) is 4.39 Å². The molecule has 0 radical (unpaired) electrons. The van der Waals surface area contributed by atoms with E-state index in [1.54, 1.807) is 13.8 Å². The van der Waals surface area contributed by atoms with Crippen molar-refractivity contribution in [1.29, 1.82) is 0 Å². The van der Waals surface area contributed by atoms with Crippen molar-refractivity contribution in [3.63, 3.8) is 0 Å². The number of benzene rings is 1. The highest BCUT2D eigenvalue weighted by atomic mass is 19.4. The predicted molar refractivity (Wildman–Crippen MR) is 80.9 cm³/mol. The smallest absolute Gasteiger partial charge is 0.326 e. The van der Waals surface area contributed by atoms with Crippen LogP contribution in [0.2, 0.25) is 0 Å². The highest BCUT2D eigenvalue weighted by Gasteiger charge is 2.34. The lowest BCUT2D eigenvalue weighted by Crippen LogP contribution is -2.25. The summed E-state index contributed by atoms with van der Waals surface area (Å²) in [6.07, 6.45) is -4.52. The molecule has 0 aliphatic carbocycles. The summed E-state index contributed by atoms with van der Waals surface area (Å²) < 4.78 is 52.2. The fraction of sp³-hybridized carbons (Fsp3) is 0.375. The molecule has 2 aromatic rings. The number of anilines is 1. The molecule has 2 rings (SSSR count). The van der Waals surface area contributed by atoms with E-state index in [1.165, 1.54) is 25.1 Å². The largest absolute Gasteiger partial charge is 0.435 e. The zero-order chi connectivity index (χ0) is 18.1. The van der Waals surface area contributed by atoms with Gasteiger partial charge >= 0.3 is 6.18 Å². The molecule has 1 aromatic carbocycles. The first-order valence-corrected chi connectivity index (χ1v) is 7.26. The normalized spacial score (nSPS) is 13.0. The number of carbonyl (C=O) groups excluding carboxylic acids is 1. The SMILES string of the molecule is Cc1cc(F)ccc1NC(=O)C(C)Cn1nc(C(F)(F)F)cc1C. The fourth-order valence-electron chi connectivity index (χ4n) is 2.20. The maximum Gasteiger partial charge on any atom is 0.435 e. The molecule has 0 aliphatic heterocycles. The molecule has 1 amide bonds. The highest BCUT2D eigenvalue weighted by molar-refractivity contribution is 5.92. The lowest BCUT2D eigenvalue weighted by atomic mass is 10.1. The molecule has 1 N–H and O–H groups in total. The average molecular weight is 343 g/mol. The molecule has 1 aromatic heterocycles.